The van der Waals surface area contributed by atoms with E-state index in [2.05, 4.69) is 74.8 Å². The number of rotatable bonds is 6. The van der Waals surface area contributed by atoms with Crippen LogP contribution in [-0.4, -0.2) is 43.8 Å². The van der Waals surface area contributed by atoms with E-state index in [1.165, 1.54) is 17.3 Å². The number of hydrogen-bond acceptors (Lipinski definition) is 8. The number of anilines is 2. The van der Waals surface area contributed by atoms with Gasteiger partial charge < -0.3 is 10.6 Å². The van der Waals surface area contributed by atoms with E-state index in [9.17, 15) is 0 Å². The van der Waals surface area contributed by atoms with Crippen molar-refractivity contribution in [1.29, 1.82) is 0 Å². The summed E-state index contributed by atoms with van der Waals surface area (Å²) in [5.74, 6) is 2.60. The van der Waals surface area contributed by atoms with Crippen LogP contribution in [0.15, 0.2) is 59.8 Å². The van der Waals surface area contributed by atoms with E-state index < -0.39 is 0 Å². The Labute approximate surface area is 198 Å². The average Bonchev–Trinajstić information content (AvgIpc) is 3.21. The predicted molar refractivity (Wildman–Crippen MR) is 134 cm³/mol. The number of nitrogen functional groups attached to an aromatic ring is 1. The molecule has 2 aromatic heterocycles. The maximum atomic E-state index is 5.88. The van der Waals surface area contributed by atoms with Gasteiger partial charge in [-0.25, -0.2) is 0 Å². The minimum absolute atomic E-state index is 0.0877. The summed E-state index contributed by atoms with van der Waals surface area (Å²) >= 11 is 1.51. The van der Waals surface area contributed by atoms with Crippen LogP contribution in [0.1, 0.15) is 32.2 Å². The van der Waals surface area contributed by atoms with Crippen LogP contribution in [0, 0.1) is 0 Å². The van der Waals surface area contributed by atoms with Gasteiger partial charge in [-0.2, -0.15) is 15.0 Å². The summed E-state index contributed by atoms with van der Waals surface area (Å²) in [7, 11) is 3.74. The second-order valence-corrected chi connectivity index (χ2v) is 9.84. The normalized spacial score (nSPS) is 11.5. The van der Waals surface area contributed by atoms with Crippen molar-refractivity contribution < 1.29 is 0 Å². The van der Waals surface area contributed by atoms with Crippen LogP contribution in [-0.2, 0) is 11.2 Å². The molecule has 4 rings (SSSR count). The molecule has 2 N–H and O–H groups in total. The van der Waals surface area contributed by atoms with Gasteiger partial charge in [0.1, 0.15) is 5.82 Å². The maximum absolute atomic E-state index is 5.88. The smallest absolute Gasteiger partial charge is 0.229 e. The van der Waals surface area contributed by atoms with Crippen LogP contribution >= 0.6 is 11.8 Å². The minimum Gasteiger partial charge on any atom is -0.368 e. The number of hydrogen-bond donors (Lipinski definition) is 1. The van der Waals surface area contributed by atoms with E-state index >= 15 is 0 Å². The molecule has 8 nitrogen and oxygen atoms in total. The van der Waals surface area contributed by atoms with Crippen molar-refractivity contribution >= 4 is 23.7 Å². The van der Waals surface area contributed by atoms with E-state index in [0.717, 1.165) is 22.2 Å². The molecular formula is C24H28N8S. The van der Waals surface area contributed by atoms with Crippen LogP contribution in [0.3, 0.4) is 0 Å². The van der Waals surface area contributed by atoms with Crippen LogP contribution in [0.5, 0.6) is 0 Å². The molecule has 0 atom stereocenters. The number of para-hydroxylation sites is 1. The second-order valence-electron chi connectivity index (χ2n) is 8.90. The number of nitrogens with zero attached hydrogens (tertiary/aromatic N) is 7. The molecule has 170 valence electrons. The fourth-order valence-corrected chi connectivity index (χ4v) is 4.11. The Morgan fingerprint density at radius 2 is 1.61 bits per heavy atom. The Kier molecular flexibility index (Phi) is 6.33. The molecule has 0 radical (unpaired) electrons. The van der Waals surface area contributed by atoms with Gasteiger partial charge >= 0.3 is 0 Å². The number of nitrogens with two attached hydrogens (primary N) is 1. The first-order valence-corrected chi connectivity index (χ1v) is 11.6. The molecular weight excluding hydrogens is 432 g/mol. The first-order chi connectivity index (χ1) is 15.7. The molecule has 0 fully saturated rings. The zero-order valence-electron chi connectivity index (χ0n) is 19.5. The van der Waals surface area contributed by atoms with Crippen molar-refractivity contribution in [1.82, 2.24) is 29.7 Å². The van der Waals surface area contributed by atoms with E-state index in [4.69, 9.17) is 5.73 Å². The Morgan fingerprint density at radius 3 is 2.24 bits per heavy atom. The van der Waals surface area contributed by atoms with Gasteiger partial charge in [0.2, 0.25) is 11.9 Å². The van der Waals surface area contributed by atoms with Crippen LogP contribution < -0.4 is 10.6 Å². The van der Waals surface area contributed by atoms with Crippen molar-refractivity contribution in [2.75, 3.05) is 24.7 Å². The van der Waals surface area contributed by atoms with Gasteiger partial charge in [-0.1, -0.05) is 75.0 Å². The molecule has 2 aromatic carbocycles. The molecule has 0 saturated carbocycles. The summed E-state index contributed by atoms with van der Waals surface area (Å²) in [5, 5.41) is 9.79. The monoisotopic (exact) mass is 460 g/mol. The Hall–Kier alpha value is -3.46. The lowest BCUT2D eigenvalue weighted by molar-refractivity contribution is 0.590. The summed E-state index contributed by atoms with van der Waals surface area (Å²) in [6.45, 7) is 6.62. The molecule has 2 heterocycles. The van der Waals surface area contributed by atoms with E-state index in [1.807, 2.05) is 44.4 Å². The van der Waals surface area contributed by atoms with Crippen molar-refractivity contribution in [2.24, 2.45) is 0 Å². The molecule has 0 saturated heterocycles. The largest absolute Gasteiger partial charge is 0.368 e. The van der Waals surface area contributed by atoms with Crippen LogP contribution in [0.25, 0.3) is 17.1 Å². The third-order valence-corrected chi connectivity index (χ3v) is 6.00. The lowest BCUT2D eigenvalue weighted by Gasteiger charge is -2.19. The molecule has 0 spiro atoms. The highest BCUT2D eigenvalue weighted by atomic mass is 32.2. The highest BCUT2D eigenvalue weighted by Gasteiger charge is 2.19. The Bertz CT molecular complexity index is 1230. The van der Waals surface area contributed by atoms with Gasteiger partial charge in [-0.05, 0) is 23.1 Å². The third-order valence-electron chi connectivity index (χ3n) is 5.07. The zero-order valence-corrected chi connectivity index (χ0v) is 20.3. The molecule has 0 aliphatic rings. The summed E-state index contributed by atoms with van der Waals surface area (Å²) in [5.41, 5.74) is 9.24. The average molecular weight is 461 g/mol. The lowest BCUT2D eigenvalue weighted by atomic mass is 9.87. The molecule has 0 amide bonds. The van der Waals surface area contributed by atoms with Gasteiger partial charge in [0, 0.05) is 25.3 Å². The fraction of sp³-hybridized carbons (Fsp3) is 0.292. The molecule has 9 heteroatoms. The standard InChI is InChI=1S/C24H28N8S/c1-24(2,3)17-13-11-16(12-14-17)20-29-30-23(32(20)18-9-7-6-8-10-18)33-15-19-26-21(25)28-22(27-19)31(4)5/h6-14H,15H2,1-5H3,(H2,25,26,27,28). The molecule has 0 aliphatic carbocycles. The number of aromatic nitrogens is 6. The number of thioether (sulfide) groups is 1. The second kappa shape index (κ2) is 9.19. The highest BCUT2D eigenvalue weighted by Crippen LogP contribution is 2.31. The quantitative estimate of drug-likeness (QED) is 0.424. The van der Waals surface area contributed by atoms with Gasteiger partial charge in [-0.3, -0.25) is 4.57 Å². The Balaban J connectivity index is 1.69. The molecule has 0 bridgehead atoms. The fourth-order valence-electron chi connectivity index (χ4n) is 3.30. The number of benzene rings is 2. The van der Waals surface area contributed by atoms with Crippen LogP contribution in [0.2, 0.25) is 0 Å². The van der Waals surface area contributed by atoms with E-state index in [1.54, 1.807) is 4.90 Å². The van der Waals surface area contributed by atoms with Crippen molar-refractivity contribution in [3.05, 3.63) is 66.0 Å². The first kappa shape index (κ1) is 22.7. The molecule has 0 aliphatic heterocycles. The predicted octanol–water partition coefficient (Wildman–Crippen LogP) is 4.36. The molecule has 4 aromatic rings. The molecule has 0 unspecified atom stereocenters. The van der Waals surface area contributed by atoms with Crippen molar-refractivity contribution in [3.8, 4) is 17.1 Å². The van der Waals surface area contributed by atoms with E-state index in [-0.39, 0.29) is 11.4 Å². The van der Waals surface area contributed by atoms with E-state index in [0.29, 0.717) is 17.5 Å². The SMILES string of the molecule is CN(C)c1nc(N)nc(CSc2nnc(-c3ccc(C(C)(C)C)cc3)n2-c2ccccc2)n1. The highest BCUT2D eigenvalue weighted by molar-refractivity contribution is 7.98. The minimum atomic E-state index is 0.0877. The summed E-state index contributed by atoms with van der Waals surface area (Å²) < 4.78 is 2.06. The lowest BCUT2D eigenvalue weighted by Crippen LogP contribution is -2.16. The Morgan fingerprint density at radius 1 is 0.909 bits per heavy atom. The third kappa shape index (κ3) is 5.14. The summed E-state index contributed by atoms with van der Waals surface area (Å²) in [6, 6.07) is 18.6. The van der Waals surface area contributed by atoms with Crippen molar-refractivity contribution in [2.45, 2.75) is 37.1 Å². The van der Waals surface area contributed by atoms with Crippen LogP contribution in [0.4, 0.5) is 11.9 Å². The van der Waals surface area contributed by atoms with Gasteiger partial charge in [0.15, 0.2) is 11.0 Å². The van der Waals surface area contributed by atoms with Gasteiger partial charge in [-0.15, -0.1) is 10.2 Å². The van der Waals surface area contributed by atoms with Crippen molar-refractivity contribution in [3.63, 3.8) is 0 Å². The topological polar surface area (TPSA) is 98.6 Å². The molecule has 33 heavy (non-hydrogen) atoms. The summed E-state index contributed by atoms with van der Waals surface area (Å²) in [6.07, 6.45) is 0. The first-order valence-electron chi connectivity index (χ1n) is 10.6. The zero-order chi connectivity index (χ0) is 23.6. The summed E-state index contributed by atoms with van der Waals surface area (Å²) in [4.78, 5) is 14.7. The van der Waals surface area contributed by atoms with Gasteiger partial charge in [0.25, 0.3) is 0 Å². The maximum Gasteiger partial charge on any atom is 0.229 e. The van der Waals surface area contributed by atoms with Gasteiger partial charge in [0.05, 0.1) is 5.75 Å².